The van der Waals surface area contributed by atoms with Gasteiger partial charge in [0.1, 0.15) is 11.6 Å². The van der Waals surface area contributed by atoms with E-state index in [1.807, 2.05) is 0 Å². The van der Waals surface area contributed by atoms with Crippen LogP contribution < -0.4 is 0 Å². The van der Waals surface area contributed by atoms with E-state index in [9.17, 15) is 4.79 Å². The standard InChI is InChI=1S/C10H22O2.C5H2N2O2/c11-9-7-5-3-1-2-4-6-8-10-12;6-2-1-4(3-7)5(8)9/h11-12H,1-10H2;1H,(H,8,9). The minimum Gasteiger partial charge on any atom is -0.477 e. The van der Waals surface area contributed by atoms with Crippen molar-refractivity contribution in [3.05, 3.63) is 11.6 Å². The maximum atomic E-state index is 9.88. The van der Waals surface area contributed by atoms with E-state index in [0.29, 0.717) is 19.3 Å². The Bertz CT molecular complexity index is 357. The number of carboxylic acids is 1. The van der Waals surface area contributed by atoms with Gasteiger partial charge in [-0.15, -0.1) is 0 Å². The molecule has 0 aliphatic carbocycles. The number of nitriles is 2. The van der Waals surface area contributed by atoms with Crippen LogP contribution in [0, 0.1) is 22.7 Å². The molecule has 0 aliphatic heterocycles. The van der Waals surface area contributed by atoms with Gasteiger partial charge in [0.15, 0.2) is 0 Å². The quantitative estimate of drug-likeness (QED) is 0.322. The number of unbranched alkanes of at least 4 members (excludes halogenated alkanes) is 7. The zero-order chi connectivity index (χ0) is 16.3. The van der Waals surface area contributed by atoms with Crippen LogP contribution in [0.1, 0.15) is 51.4 Å². The van der Waals surface area contributed by atoms with E-state index >= 15 is 0 Å². The molecule has 21 heavy (non-hydrogen) atoms. The molecule has 6 nitrogen and oxygen atoms in total. The molecule has 0 saturated carbocycles. The zero-order valence-electron chi connectivity index (χ0n) is 12.3. The summed E-state index contributed by atoms with van der Waals surface area (Å²) in [6.07, 6.45) is 9.98. The highest BCUT2D eigenvalue weighted by Crippen LogP contribution is 2.07. The lowest BCUT2D eigenvalue weighted by Crippen LogP contribution is -1.96. The Hall–Kier alpha value is -1.89. The summed E-state index contributed by atoms with van der Waals surface area (Å²) in [7, 11) is 0. The molecule has 0 radical (unpaired) electrons. The molecule has 0 saturated heterocycles. The molecule has 0 atom stereocenters. The summed E-state index contributed by atoms with van der Waals surface area (Å²) < 4.78 is 0. The first-order valence-corrected chi connectivity index (χ1v) is 7.08. The number of nitrogens with zero attached hydrogens (tertiary/aromatic N) is 2. The van der Waals surface area contributed by atoms with Gasteiger partial charge in [0.2, 0.25) is 0 Å². The van der Waals surface area contributed by atoms with Gasteiger partial charge >= 0.3 is 5.97 Å². The second-order valence-corrected chi connectivity index (χ2v) is 4.38. The number of allylic oxidation sites excluding steroid dienone is 1. The van der Waals surface area contributed by atoms with E-state index < -0.39 is 11.5 Å². The molecule has 3 N–H and O–H groups in total. The molecule has 0 aliphatic rings. The molecule has 0 spiro atoms. The van der Waals surface area contributed by atoms with Gasteiger partial charge in [-0.3, -0.25) is 0 Å². The van der Waals surface area contributed by atoms with Gasteiger partial charge in [-0.1, -0.05) is 38.5 Å². The second-order valence-electron chi connectivity index (χ2n) is 4.38. The van der Waals surface area contributed by atoms with Crippen LogP contribution in [-0.4, -0.2) is 34.5 Å². The molecule has 6 heteroatoms. The molecular weight excluding hydrogens is 272 g/mol. The van der Waals surface area contributed by atoms with Crippen LogP contribution in [0.3, 0.4) is 0 Å². The molecule has 0 fully saturated rings. The van der Waals surface area contributed by atoms with Crippen LogP contribution in [0.2, 0.25) is 0 Å². The van der Waals surface area contributed by atoms with Crippen molar-refractivity contribution in [2.45, 2.75) is 51.4 Å². The van der Waals surface area contributed by atoms with Crippen LogP contribution >= 0.6 is 0 Å². The number of carbonyl (C=O) groups is 1. The molecule has 118 valence electrons. The van der Waals surface area contributed by atoms with Crippen molar-refractivity contribution in [3.8, 4) is 12.1 Å². The minimum absolute atomic E-state index is 0.338. The van der Waals surface area contributed by atoms with Crippen LogP contribution in [0.15, 0.2) is 11.6 Å². The fourth-order valence-corrected chi connectivity index (χ4v) is 1.49. The number of aliphatic hydroxyl groups is 2. The lowest BCUT2D eigenvalue weighted by Gasteiger charge is -1.99. The van der Waals surface area contributed by atoms with E-state index in [4.69, 9.17) is 25.8 Å². The third-order valence-electron chi connectivity index (χ3n) is 2.63. The van der Waals surface area contributed by atoms with Crippen molar-refractivity contribution in [2.24, 2.45) is 0 Å². The molecule has 0 aromatic heterocycles. The van der Waals surface area contributed by atoms with Gasteiger partial charge in [0.25, 0.3) is 0 Å². The van der Waals surface area contributed by atoms with Gasteiger partial charge in [0, 0.05) is 19.3 Å². The smallest absolute Gasteiger partial charge is 0.347 e. The minimum atomic E-state index is -1.38. The topological polar surface area (TPSA) is 125 Å². The molecule has 0 heterocycles. The van der Waals surface area contributed by atoms with Crippen LogP contribution in [0.4, 0.5) is 0 Å². The van der Waals surface area contributed by atoms with Crippen molar-refractivity contribution in [2.75, 3.05) is 13.2 Å². The summed E-state index contributed by atoms with van der Waals surface area (Å²) >= 11 is 0. The summed E-state index contributed by atoms with van der Waals surface area (Å²) in [6.45, 7) is 0.676. The Balaban J connectivity index is 0. The van der Waals surface area contributed by atoms with Crippen molar-refractivity contribution in [3.63, 3.8) is 0 Å². The SMILES string of the molecule is N#CC=C(C#N)C(=O)O.OCCCCCCCCCCO. The fourth-order valence-electron chi connectivity index (χ4n) is 1.49. The molecular formula is C15H24N2O4. The van der Waals surface area contributed by atoms with Gasteiger partial charge in [-0.05, 0) is 12.8 Å². The molecule has 0 aromatic rings. The predicted molar refractivity (Wildman–Crippen MR) is 78.1 cm³/mol. The van der Waals surface area contributed by atoms with Crippen LogP contribution in [0.25, 0.3) is 0 Å². The summed E-state index contributed by atoms with van der Waals surface area (Å²) in [5.41, 5.74) is -0.544. The van der Waals surface area contributed by atoms with Gasteiger partial charge in [0.05, 0.1) is 6.07 Å². The van der Waals surface area contributed by atoms with Crippen molar-refractivity contribution in [1.82, 2.24) is 0 Å². The summed E-state index contributed by atoms with van der Waals surface area (Å²) in [6, 6.07) is 2.78. The van der Waals surface area contributed by atoms with E-state index in [-0.39, 0.29) is 0 Å². The third kappa shape index (κ3) is 18.1. The molecule has 0 rings (SSSR count). The van der Waals surface area contributed by atoms with E-state index in [1.165, 1.54) is 37.8 Å². The number of hydrogen-bond acceptors (Lipinski definition) is 5. The number of hydrogen-bond donors (Lipinski definition) is 3. The van der Waals surface area contributed by atoms with E-state index in [1.54, 1.807) is 0 Å². The number of aliphatic carboxylic acids is 1. The average molecular weight is 296 g/mol. The summed E-state index contributed by atoms with van der Waals surface area (Å²) in [4.78, 5) is 9.88. The summed E-state index contributed by atoms with van der Waals surface area (Å²) in [5, 5.41) is 40.9. The Morgan fingerprint density at radius 2 is 1.24 bits per heavy atom. The molecule has 0 aromatic carbocycles. The first kappa shape index (κ1) is 21.4. The number of carboxylic acid groups (broad SMARTS) is 1. The van der Waals surface area contributed by atoms with Gasteiger partial charge in [-0.2, -0.15) is 10.5 Å². The Labute approximate surface area is 125 Å². The van der Waals surface area contributed by atoms with Gasteiger partial charge in [-0.25, -0.2) is 4.79 Å². The Morgan fingerprint density at radius 1 is 0.857 bits per heavy atom. The normalized spacial score (nSPS) is 10.0. The highest BCUT2D eigenvalue weighted by molar-refractivity contribution is 5.91. The average Bonchev–Trinajstić information content (AvgIpc) is 2.48. The highest BCUT2D eigenvalue weighted by Gasteiger charge is 2.02. The predicted octanol–water partition coefficient (Wildman–Crippen LogP) is 2.14. The van der Waals surface area contributed by atoms with Gasteiger partial charge < -0.3 is 15.3 Å². The first-order chi connectivity index (χ1) is 10.1. The molecule has 0 unspecified atom stereocenters. The highest BCUT2D eigenvalue weighted by atomic mass is 16.4. The largest absolute Gasteiger partial charge is 0.477 e. The number of rotatable bonds is 10. The lowest BCUT2D eigenvalue weighted by molar-refractivity contribution is -0.132. The van der Waals surface area contributed by atoms with E-state index in [0.717, 1.165) is 25.7 Å². The van der Waals surface area contributed by atoms with Crippen molar-refractivity contribution >= 4 is 5.97 Å². The van der Waals surface area contributed by atoms with Crippen LogP contribution in [-0.2, 0) is 4.79 Å². The maximum Gasteiger partial charge on any atom is 0.347 e. The second kappa shape index (κ2) is 18.1. The fraction of sp³-hybridized carbons (Fsp3) is 0.667. The van der Waals surface area contributed by atoms with Crippen molar-refractivity contribution in [1.29, 1.82) is 10.5 Å². The van der Waals surface area contributed by atoms with Crippen LogP contribution in [0.5, 0.6) is 0 Å². The summed E-state index contributed by atoms with van der Waals surface area (Å²) in [5.74, 6) is -1.38. The Morgan fingerprint density at radius 3 is 1.43 bits per heavy atom. The first-order valence-electron chi connectivity index (χ1n) is 7.08. The monoisotopic (exact) mass is 296 g/mol. The number of aliphatic hydroxyl groups excluding tert-OH is 2. The van der Waals surface area contributed by atoms with Crippen molar-refractivity contribution < 1.29 is 20.1 Å². The third-order valence-corrected chi connectivity index (χ3v) is 2.63. The zero-order valence-corrected chi connectivity index (χ0v) is 12.3. The van der Waals surface area contributed by atoms with E-state index in [2.05, 4.69) is 0 Å². The lowest BCUT2D eigenvalue weighted by atomic mass is 10.1. The maximum absolute atomic E-state index is 9.88. The molecule has 0 bridgehead atoms. The Kier molecular flexibility index (Phi) is 18.5. The molecule has 0 amide bonds.